The number of nitrogens with zero attached hydrogens (tertiary/aromatic N) is 3. The number of benzene rings is 1. The number of rotatable bonds is 4. The van der Waals surface area contributed by atoms with Crippen LogP contribution in [0, 0.1) is 21.4 Å². The first-order chi connectivity index (χ1) is 9.15. The van der Waals surface area contributed by atoms with Crippen LogP contribution in [0.25, 0.3) is 0 Å². The Kier molecular flexibility index (Phi) is 4.55. The van der Waals surface area contributed by atoms with Gasteiger partial charge in [0.15, 0.2) is 0 Å². The molecule has 20 heavy (non-hydrogen) atoms. The first kappa shape index (κ1) is 15.8. The lowest BCUT2D eigenvalue weighted by atomic mass is 10.1. The van der Waals surface area contributed by atoms with Gasteiger partial charge in [-0.25, -0.2) is 0 Å². The second kappa shape index (κ2) is 5.77. The molecular weight excluding hydrogens is 275 g/mol. The predicted octanol–water partition coefficient (Wildman–Crippen LogP) is 3.24. The van der Waals surface area contributed by atoms with Crippen molar-refractivity contribution < 1.29 is 18.1 Å². The van der Waals surface area contributed by atoms with E-state index in [1.54, 1.807) is 19.9 Å². The Labute approximate surface area is 113 Å². The molecule has 0 saturated heterocycles. The van der Waals surface area contributed by atoms with Crippen LogP contribution in [0.3, 0.4) is 0 Å². The lowest BCUT2D eigenvalue weighted by Crippen LogP contribution is -2.39. The summed E-state index contributed by atoms with van der Waals surface area (Å²) in [5.74, 6) is 0. The van der Waals surface area contributed by atoms with E-state index in [9.17, 15) is 23.3 Å². The highest BCUT2D eigenvalue weighted by atomic mass is 19.4. The van der Waals surface area contributed by atoms with Gasteiger partial charge in [-0.15, -0.1) is 0 Å². The first-order valence-electron chi connectivity index (χ1n) is 5.67. The van der Waals surface area contributed by atoms with E-state index in [1.807, 2.05) is 0 Å². The molecule has 1 aromatic carbocycles. The minimum absolute atomic E-state index is 0.0584. The SMILES string of the molecule is CC(C)N(CC(F)(F)F)c1ccc(C#N)c([N+](=O)[O-])c1. The monoisotopic (exact) mass is 287 g/mol. The third kappa shape index (κ3) is 3.85. The van der Waals surface area contributed by atoms with Crippen LogP contribution in [-0.2, 0) is 0 Å². The number of hydrogen-bond acceptors (Lipinski definition) is 4. The van der Waals surface area contributed by atoms with Crippen molar-refractivity contribution in [1.82, 2.24) is 0 Å². The van der Waals surface area contributed by atoms with E-state index in [-0.39, 0.29) is 11.3 Å². The summed E-state index contributed by atoms with van der Waals surface area (Å²) >= 11 is 0. The van der Waals surface area contributed by atoms with E-state index >= 15 is 0 Å². The van der Waals surface area contributed by atoms with Gasteiger partial charge in [-0.1, -0.05) is 0 Å². The minimum Gasteiger partial charge on any atom is -0.360 e. The molecule has 0 aliphatic rings. The quantitative estimate of drug-likeness (QED) is 0.629. The van der Waals surface area contributed by atoms with Crippen molar-refractivity contribution in [2.45, 2.75) is 26.1 Å². The van der Waals surface area contributed by atoms with Crippen molar-refractivity contribution >= 4 is 11.4 Å². The van der Waals surface area contributed by atoms with E-state index in [0.29, 0.717) is 0 Å². The Bertz CT molecular complexity index is 550. The van der Waals surface area contributed by atoms with Crippen LogP contribution >= 0.6 is 0 Å². The Morgan fingerprint density at radius 1 is 1.45 bits per heavy atom. The van der Waals surface area contributed by atoms with Gasteiger partial charge in [0.1, 0.15) is 18.2 Å². The van der Waals surface area contributed by atoms with Crippen LogP contribution in [0.2, 0.25) is 0 Å². The summed E-state index contributed by atoms with van der Waals surface area (Å²) in [4.78, 5) is 11.0. The van der Waals surface area contributed by atoms with Crippen LogP contribution < -0.4 is 4.90 Å². The third-order valence-electron chi connectivity index (χ3n) is 2.60. The second-order valence-corrected chi connectivity index (χ2v) is 4.41. The molecule has 0 unspecified atom stereocenters. The highest BCUT2D eigenvalue weighted by molar-refractivity contribution is 5.60. The normalized spacial score (nSPS) is 11.2. The molecule has 0 saturated carbocycles. The smallest absolute Gasteiger partial charge is 0.360 e. The van der Waals surface area contributed by atoms with E-state index < -0.39 is 29.4 Å². The molecule has 0 heterocycles. The van der Waals surface area contributed by atoms with Gasteiger partial charge in [0.25, 0.3) is 5.69 Å². The van der Waals surface area contributed by atoms with Gasteiger partial charge >= 0.3 is 6.18 Å². The summed E-state index contributed by atoms with van der Waals surface area (Å²) in [5, 5.41) is 19.6. The maximum atomic E-state index is 12.5. The number of nitriles is 1. The highest BCUT2D eigenvalue weighted by Gasteiger charge is 2.32. The largest absolute Gasteiger partial charge is 0.405 e. The number of anilines is 1. The van der Waals surface area contributed by atoms with Gasteiger partial charge in [-0.2, -0.15) is 18.4 Å². The fraction of sp³-hybridized carbons (Fsp3) is 0.417. The average Bonchev–Trinajstić information content (AvgIpc) is 2.33. The zero-order valence-electron chi connectivity index (χ0n) is 10.8. The van der Waals surface area contributed by atoms with Gasteiger partial charge in [-0.3, -0.25) is 10.1 Å². The zero-order valence-corrected chi connectivity index (χ0v) is 10.8. The molecule has 0 radical (unpaired) electrons. The topological polar surface area (TPSA) is 70.2 Å². The predicted molar refractivity (Wildman–Crippen MR) is 66.3 cm³/mol. The molecule has 0 atom stereocenters. The zero-order chi connectivity index (χ0) is 15.5. The van der Waals surface area contributed by atoms with E-state index in [1.165, 1.54) is 6.07 Å². The molecule has 5 nitrogen and oxygen atoms in total. The molecule has 0 fully saturated rings. The molecule has 0 amide bonds. The molecule has 0 spiro atoms. The summed E-state index contributed by atoms with van der Waals surface area (Å²) in [6, 6.07) is 4.56. The lowest BCUT2D eigenvalue weighted by Gasteiger charge is -2.29. The molecule has 1 aromatic rings. The van der Waals surface area contributed by atoms with Crippen molar-refractivity contribution in [3.63, 3.8) is 0 Å². The van der Waals surface area contributed by atoms with Gasteiger partial charge in [0.2, 0.25) is 0 Å². The summed E-state index contributed by atoms with van der Waals surface area (Å²) in [5.41, 5.74) is -0.629. The number of halogens is 3. The molecule has 0 N–H and O–H groups in total. The molecular formula is C12H12F3N3O2. The molecule has 1 rings (SSSR count). The standard InChI is InChI=1S/C12H12F3N3O2/c1-8(2)17(7-12(13,14)15)10-4-3-9(6-16)11(5-10)18(19)20/h3-5,8H,7H2,1-2H3. The Balaban J connectivity index is 3.26. The van der Waals surface area contributed by atoms with Crippen molar-refractivity contribution in [1.29, 1.82) is 5.26 Å². The van der Waals surface area contributed by atoms with Crippen molar-refractivity contribution in [2.24, 2.45) is 0 Å². The lowest BCUT2D eigenvalue weighted by molar-refractivity contribution is -0.385. The molecule has 108 valence electrons. The molecule has 0 aliphatic heterocycles. The highest BCUT2D eigenvalue weighted by Crippen LogP contribution is 2.29. The van der Waals surface area contributed by atoms with Gasteiger partial charge in [0.05, 0.1) is 4.92 Å². The minimum atomic E-state index is -4.42. The molecule has 8 heteroatoms. The average molecular weight is 287 g/mol. The number of nitro benzene ring substituents is 1. The number of hydrogen-bond donors (Lipinski definition) is 0. The van der Waals surface area contributed by atoms with Crippen LogP contribution in [0.15, 0.2) is 18.2 Å². The third-order valence-corrected chi connectivity index (χ3v) is 2.60. The number of alkyl halides is 3. The van der Waals surface area contributed by atoms with Crippen LogP contribution in [0.5, 0.6) is 0 Å². The van der Waals surface area contributed by atoms with Gasteiger partial charge in [0, 0.05) is 17.8 Å². The van der Waals surface area contributed by atoms with Crippen molar-refractivity contribution in [2.75, 3.05) is 11.4 Å². The molecule has 0 aromatic heterocycles. The van der Waals surface area contributed by atoms with Gasteiger partial charge in [-0.05, 0) is 26.0 Å². The van der Waals surface area contributed by atoms with Crippen LogP contribution in [0.4, 0.5) is 24.5 Å². The van der Waals surface area contributed by atoms with E-state index in [4.69, 9.17) is 5.26 Å². The summed E-state index contributed by atoms with van der Waals surface area (Å²) in [7, 11) is 0. The maximum Gasteiger partial charge on any atom is 0.405 e. The van der Waals surface area contributed by atoms with E-state index in [0.717, 1.165) is 17.0 Å². The fourth-order valence-electron chi connectivity index (χ4n) is 1.71. The van der Waals surface area contributed by atoms with E-state index in [2.05, 4.69) is 0 Å². The van der Waals surface area contributed by atoms with Crippen molar-refractivity contribution in [3.8, 4) is 6.07 Å². The second-order valence-electron chi connectivity index (χ2n) is 4.41. The molecule has 0 bridgehead atoms. The summed E-state index contributed by atoms with van der Waals surface area (Å²) in [6.07, 6.45) is -4.42. The number of nitro groups is 1. The summed E-state index contributed by atoms with van der Waals surface area (Å²) < 4.78 is 37.6. The Morgan fingerprint density at radius 2 is 2.05 bits per heavy atom. The van der Waals surface area contributed by atoms with Gasteiger partial charge < -0.3 is 4.90 Å². The van der Waals surface area contributed by atoms with Crippen LogP contribution in [0.1, 0.15) is 19.4 Å². The summed E-state index contributed by atoms with van der Waals surface area (Å²) in [6.45, 7) is 1.89. The Hall–Kier alpha value is -2.30. The maximum absolute atomic E-state index is 12.5. The van der Waals surface area contributed by atoms with Crippen molar-refractivity contribution in [3.05, 3.63) is 33.9 Å². The van der Waals surface area contributed by atoms with Crippen LogP contribution in [-0.4, -0.2) is 23.7 Å². The first-order valence-corrected chi connectivity index (χ1v) is 5.67. The Morgan fingerprint density at radius 3 is 2.45 bits per heavy atom. The molecule has 0 aliphatic carbocycles. The fourth-order valence-corrected chi connectivity index (χ4v) is 1.71.